The first-order valence-corrected chi connectivity index (χ1v) is 13.1. The number of hydrogen-bond acceptors (Lipinski definition) is 5. The third-order valence-electron chi connectivity index (χ3n) is 10.9. The first kappa shape index (κ1) is 23.3. The fourth-order valence-corrected chi connectivity index (χ4v) is 9.30. The predicted octanol–water partition coefficient (Wildman–Crippen LogP) is 3.58. The molecule has 5 heteroatoms. The molecule has 4 aliphatic carbocycles. The number of rotatable bonds is 5. The molecular weight excluding hydrogens is 404 g/mol. The van der Waals surface area contributed by atoms with Crippen molar-refractivity contribution in [2.45, 2.75) is 114 Å². The highest BCUT2D eigenvalue weighted by Gasteiger charge is 2.82. The van der Waals surface area contributed by atoms with E-state index in [0.717, 1.165) is 25.2 Å². The van der Waals surface area contributed by atoms with E-state index in [1.54, 1.807) is 12.2 Å². The van der Waals surface area contributed by atoms with Gasteiger partial charge in [0.15, 0.2) is 0 Å². The zero-order valence-electron chi connectivity index (χ0n) is 20.4. The van der Waals surface area contributed by atoms with Crippen molar-refractivity contribution in [2.75, 3.05) is 6.61 Å². The van der Waals surface area contributed by atoms with E-state index in [2.05, 4.69) is 27.7 Å². The summed E-state index contributed by atoms with van der Waals surface area (Å²) in [6.45, 7) is 9.49. The first-order valence-electron chi connectivity index (χ1n) is 13.1. The van der Waals surface area contributed by atoms with Gasteiger partial charge in [-0.2, -0.15) is 0 Å². The van der Waals surface area contributed by atoms with Crippen LogP contribution in [0.3, 0.4) is 0 Å². The van der Waals surface area contributed by atoms with Gasteiger partial charge in [-0.1, -0.05) is 59.1 Å². The van der Waals surface area contributed by atoms with E-state index in [1.165, 1.54) is 19.3 Å². The zero-order valence-corrected chi connectivity index (χ0v) is 20.4. The summed E-state index contributed by atoms with van der Waals surface area (Å²) in [5.74, 6) is 1.74. The maximum absolute atomic E-state index is 12.4. The molecule has 5 rings (SSSR count). The first-order chi connectivity index (χ1) is 14.9. The molecule has 5 nitrogen and oxygen atoms in total. The smallest absolute Gasteiger partial charge is 0.134 e. The molecule has 5 aliphatic rings. The van der Waals surface area contributed by atoms with Crippen LogP contribution in [-0.2, 0) is 4.74 Å². The number of aliphatic hydroxyl groups excluding tert-OH is 1. The van der Waals surface area contributed by atoms with Gasteiger partial charge in [-0.3, -0.25) is 0 Å². The molecule has 4 N–H and O–H groups in total. The summed E-state index contributed by atoms with van der Waals surface area (Å²) in [7, 11) is 0. The monoisotopic (exact) mass is 448 g/mol. The molecule has 182 valence electrons. The Balaban J connectivity index is 1.50. The number of aliphatic hydroxyl groups is 4. The molecule has 0 aromatic rings. The van der Waals surface area contributed by atoms with Gasteiger partial charge in [0.1, 0.15) is 11.2 Å². The average molecular weight is 449 g/mol. The molecule has 10 atom stereocenters. The minimum atomic E-state index is -1.52. The van der Waals surface area contributed by atoms with Crippen molar-refractivity contribution in [3.8, 4) is 0 Å². The van der Waals surface area contributed by atoms with Gasteiger partial charge >= 0.3 is 0 Å². The van der Waals surface area contributed by atoms with E-state index in [4.69, 9.17) is 4.74 Å². The standard InChI is InChI=1S/C27H44O5/c1-17(2)6-5-7-18(3)20-8-9-21-23(20,4)15-22-27(31)24(16-32-22)11-10-19(28)14-25(24,29)12-13-26(21,27)30/h12-13,17-22,28-31H,5-11,14-16H2,1-4H3/t18-,19+,20-,21-,22+,23-,24-,25-,26+,27+/m1/s1. The Morgan fingerprint density at radius 1 is 1.00 bits per heavy atom. The average Bonchev–Trinajstić information content (AvgIpc) is 3.20. The van der Waals surface area contributed by atoms with E-state index in [-0.39, 0.29) is 24.4 Å². The van der Waals surface area contributed by atoms with Crippen LogP contribution < -0.4 is 0 Å². The molecule has 0 amide bonds. The summed E-state index contributed by atoms with van der Waals surface area (Å²) in [5.41, 5.74) is -5.36. The van der Waals surface area contributed by atoms with Crippen LogP contribution in [-0.4, -0.2) is 56.0 Å². The maximum Gasteiger partial charge on any atom is 0.134 e. The maximum atomic E-state index is 12.4. The Morgan fingerprint density at radius 3 is 2.47 bits per heavy atom. The molecule has 0 aromatic heterocycles. The molecule has 0 unspecified atom stereocenters. The lowest BCUT2D eigenvalue weighted by Gasteiger charge is -2.67. The Morgan fingerprint density at radius 2 is 1.75 bits per heavy atom. The van der Waals surface area contributed by atoms with Crippen molar-refractivity contribution in [1.29, 1.82) is 0 Å². The van der Waals surface area contributed by atoms with Crippen molar-refractivity contribution >= 4 is 0 Å². The van der Waals surface area contributed by atoms with Gasteiger partial charge in [-0.25, -0.2) is 0 Å². The summed E-state index contributed by atoms with van der Waals surface area (Å²) in [6.07, 6.45) is 9.87. The van der Waals surface area contributed by atoms with Crippen LogP contribution in [0, 0.1) is 34.5 Å². The topological polar surface area (TPSA) is 90.2 Å². The minimum Gasteiger partial charge on any atom is -0.393 e. The summed E-state index contributed by atoms with van der Waals surface area (Å²) in [6, 6.07) is 0. The van der Waals surface area contributed by atoms with Crippen LogP contribution in [0.4, 0.5) is 0 Å². The summed E-state index contributed by atoms with van der Waals surface area (Å²) < 4.78 is 6.32. The van der Waals surface area contributed by atoms with E-state index in [0.29, 0.717) is 24.7 Å². The Kier molecular flexibility index (Phi) is 5.29. The molecule has 1 aliphatic heterocycles. The SMILES string of the molecule is CC(C)CCC[C@@H](C)[C@H]1CC[C@@H]2[C@]1(C)C[C@@H]1OC[C@]34CC[C@H](O)C[C@]3(O)C=C[C@@]2(O)[C@]14O. The molecule has 1 saturated heterocycles. The van der Waals surface area contributed by atoms with Gasteiger partial charge in [-0.15, -0.1) is 0 Å². The van der Waals surface area contributed by atoms with Gasteiger partial charge in [0.25, 0.3) is 0 Å². The van der Waals surface area contributed by atoms with Gasteiger partial charge < -0.3 is 25.2 Å². The van der Waals surface area contributed by atoms with E-state index in [9.17, 15) is 20.4 Å². The van der Waals surface area contributed by atoms with E-state index < -0.39 is 34.4 Å². The van der Waals surface area contributed by atoms with Crippen molar-refractivity contribution < 1.29 is 25.2 Å². The summed E-state index contributed by atoms with van der Waals surface area (Å²) in [4.78, 5) is 0. The van der Waals surface area contributed by atoms with Crippen LogP contribution in [0.5, 0.6) is 0 Å². The molecule has 1 spiro atoms. The van der Waals surface area contributed by atoms with Crippen molar-refractivity contribution in [2.24, 2.45) is 34.5 Å². The van der Waals surface area contributed by atoms with Gasteiger partial charge in [-0.05, 0) is 55.3 Å². The molecule has 3 saturated carbocycles. The Labute approximate surface area is 193 Å². The highest BCUT2D eigenvalue weighted by atomic mass is 16.5. The normalized spacial score (nSPS) is 54.9. The molecule has 4 fully saturated rings. The van der Waals surface area contributed by atoms with Gasteiger partial charge in [0.2, 0.25) is 0 Å². The fraction of sp³-hybridized carbons (Fsp3) is 0.926. The summed E-state index contributed by atoms with van der Waals surface area (Å²) in [5, 5.41) is 46.7. The van der Waals surface area contributed by atoms with Crippen molar-refractivity contribution in [3.63, 3.8) is 0 Å². The second kappa shape index (κ2) is 7.27. The van der Waals surface area contributed by atoms with Crippen LogP contribution >= 0.6 is 0 Å². The zero-order chi connectivity index (χ0) is 23.2. The third-order valence-corrected chi connectivity index (χ3v) is 10.9. The second-order valence-corrected chi connectivity index (χ2v) is 12.9. The van der Waals surface area contributed by atoms with E-state index in [1.807, 2.05) is 0 Å². The molecule has 1 heterocycles. The molecule has 0 bridgehead atoms. The summed E-state index contributed by atoms with van der Waals surface area (Å²) >= 11 is 0. The Hall–Kier alpha value is -0.460. The largest absolute Gasteiger partial charge is 0.393 e. The number of fused-ring (bicyclic) bond motifs is 2. The third kappa shape index (κ3) is 2.69. The van der Waals surface area contributed by atoms with Crippen molar-refractivity contribution in [1.82, 2.24) is 0 Å². The van der Waals surface area contributed by atoms with Crippen LogP contribution in [0.25, 0.3) is 0 Å². The molecular formula is C27H44O5. The lowest BCUT2D eigenvalue weighted by atomic mass is 9.41. The highest BCUT2D eigenvalue weighted by Crippen LogP contribution is 2.73. The molecule has 0 aromatic carbocycles. The van der Waals surface area contributed by atoms with Gasteiger partial charge in [0.05, 0.1) is 29.8 Å². The quantitative estimate of drug-likeness (QED) is 0.483. The van der Waals surface area contributed by atoms with Crippen LogP contribution in [0.15, 0.2) is 12.2 Å². The second-order valence-electron chi connectivity index (χ2n) is 12.9. The van der Waals surface area contributed by atoms with Crippen LogP contribution in [0.2, 0.25) is 0 Å². The van der Waals surface area contributed by atoms with Gasteiger partial charge in [0, 0.05) is 12.3 Å². The Bertz CT molecular complexity index is 782. The number of ether oxygens (including phenoxy) is 1. The fourth-order valence-electron chi connectivity index (χ4n) is 9.30. The molecule has 0 radical (unpaired) electrons. The van der Waals surface area contributed by atoms with Crippen molar-refractivity contribution in [3.05, 3.63) is 12.2 Å². The molecule has 32 heavy (non-hydrogen) atoms. The lowest BCUT2D eigenvalue weighted by molar-refractivity contribution is -0.302. The van der Waals surface area contributed by atoms with E-state index >= 15 is 0 Å². The highest BCUT2D eigenvalue weighted by molar-refractivity contribution is 5.41. The lowest BCUT2D eigenvalue weighted by Crippen LogP contribution is -2.80. The predicted molar refractivity (Wildman–Crippen MR) is 123 cm³/mol. The van der Waals surface area contributed by atoms with Crippen LogP contribution in [0.1, 0.15) is 85.5 Å². The minimum absolute atomic E-state index is 0.0555. The number of hydrogen-bond donors (Lipinski definition) is 4.